The van der Waals surface area contributed by atoms with E-state index in [0.29, 0.717) is 6.04 Å². The van der Waals surface area contributed by atoms with Crippen LogP contribution >= 0.6 is 11.8 Å². The van der Waals surface area contributed by atoms with Gasteiger partial charge in [0.2, 0.25) is 0 Å². The molecule has 0 bridgehead atoms. The first-order chi connectivity index (χ1) is 9.83. The van der Waals surface area contributed by atoms with Crippen LogP contribution in [0.2, 0.25) is 0 Å². The Morgan fingerprint density at radius 3 is 2.60 bits per heavy atom. The third kappa shape index (κ3) is 4.29. The maximum atomic E-state index is 5.26. The quantitative estimate of drug-likeness (QED) is 0.773. The summed E-state index contributed by atoms with van der Waals surface area (Å²) in [6, 6.07) is 19.2. The molecule has 0 aliphatic rings. The first kappa shape index (κ1) is 14.9. The monoisotopic (exact) mass is 287 g/mol. The predicted octanol–water partition coefficient (Wildman–Crippen LogP) is 4.14. The lowest BCUT2D eigenvalue weighted by Gasteiger charge is -2.18. The Hall–Kier alpha value is -1.45. The van der Waals surface area contributed by atoms with Gasteiger partial charge >= 0.3 is 0 Å². The Morgan fingerprint density at radius 2 is 1.90 bits per heavy atom. The van der Waals surface area contributed by atoms with Crippen molar-refractivity contribution in [2.24, 2.45) is 0 Å². The number of hydrogen-bond donors (Lipinski definition) is 1. The lowest BCUT2D eigenvalue weighted by atomic mass is 10.1. The highest BCUT2D eigenvalue weighted by molar-refractivity contribution is 7.99. The summed E-state index contributed by atoms with van der Waals surface area (Å²) in [5.74, 6) is 1.92. The van der Waals surface area contributed by atoms with Crippen LogP contribution in [0.1, 0.15) is 18.5 Å². The molecule has 20 heavy (non-hydrogen) atoms. The molecule has 0 amide bonds. The van der Waals surface area contributed by atoms with E-state index >= 15 is 0 Å². The van der Waals surface area contributed by atoms with E-state index < -0.39 is 0 Å². The molecule has 1 atom stereocenters. The predicted molar refractivity (Wildman–Crippen MR) is 86.6 cm³/mol. The van der Waals surface area contributed by atoms with Crippen LogP contribution in [0, 0.1) is 0 Å². The van der Waals surface area contributed by atoms with Crippen molar-refractivity contribution < 1.29 is 4.74 Å². The van der Waals surface area contributed by atoms with Crippen molar-refractivity contribution in [3.05, 3.63) is 60.2 Å². The fraction of sp³-hybridized carbons (Fsp3) is 0.294. The van der Waals surface area contributed by atoms with E-state index in [1.807, 2.05) is 23.9 Å². The maximum absolute atomic E-state index is 5.26. The van der Waals surface area contributed by atoms with Crippen molar-refractivity contribution in [2.75, 3.05) is 19.4 Å². The third-order valence-corrected chi connectivity index (χ3v) is 4.20. The van der Waals surface area contributed by atoms with Crippen LogP contribution in [-0.4, -0.2) is 19.4 Å². The largest absolute Gasteiger partial charge is 0.497 e. The summed E-state index contributed by atoms with van der Waals surface area (Å²) in [5, 5.41) is 3.55. The second-order valence-electron chi connectivity index (χ2n) is 4.51. The second-order valence-corrected chi connectivity index (χ2v) is 5.60. The van der Waals surface area contributed by atoms with E-state index in [9.17, 15) is 0 Å². The fourth-order valence-corrected chi connectivity index (χ4v) is 3.12. The van der Waals surface area contributed by atoms with Gasteiger partial charge in [-0.25, -0.2) is 0 Å². The number of nitrogens with one attached hydrogen (secondary N) is 1. The molecule has 3 heteroatoms. The van der Waals surface area contributed by atoms with Crippen LogP contribution < -0.4 is 10.1 Å². The number of thioether (sulfide) groups is 1. The molecule has 2 aromatic carbocycles. The van der Waals surface area contributed by atoms with Crippen LogP contribution in [0.3, 0.4) is 0 Å². The SMILES string of the molecule is CCNC(CSc1cccc(OC)c1)c1ccccc1. The van der Waals surface area contributed by atoms with E-state index in [1.54, 1.807) is 7.11 Å². The number of ether oxygens (including phenoxy) is 1. The first-order valence-electron chi connectivity index (χ1n) is 6.88. The summed E-state index contributed by atoms with van der Waals surface area (Å²) < 4.78 is 5.26. The zero-order valence-electron chi connectivity index (χ0n) is 12.0. The highest BCUT2D eigenvalue weighted by Gasteiger charge is 2.10. The van der Waals surface area contributed by atoms with E-state index in [1.165, 1.54) is 10.5 Å². The average Bonchev–Trinajstić information content (AvgIpc) is 2.52. The van der Waals surface area contributed by atoms with Crippen molar-refractivity contribution in [3.63, 3.8) is 0 Å². The van der Waals surface area contributed by atoms with Gasteiger partial charge < -0.3 is 10.1 Å². The van der Waals surface area contributed by atoms with Crippen molar-refractivity contribution in [3.8, 4) is 5.75 Å². The average molecular weight is 287 g/mol. The van der Waals surface area contributed by atoms with Crippen LogP contribution in [0.25, 0.3) is 0 Å². The van der Waals surface area contributed by atoms with Crippen molar-refractivity contribution in [1.29, 1.82) is 0 Å². The molecule has 2 nitrogen and oxygen atoms in total. The summed E-state index contributed by atoms with van der Waals surface area (Å²) in [6.45, 7) is 3.12. The molecule has 2 aromatic rings. The van der Waals surface area contributed by atoms with Gasteiger partial charge in [-0.1, -0.05) is 43.3 Å². The summed E-state index contributed by atoms with van der Waals surface area (Å²) in [6.07, 6.45) is 0. The van der Waals surface area contributed by atoms with Gasteiger partial charge in [-0.2, -0.15) is 0 Å². The number of methoxy groups -OCH3 is 1. The molecule has 0 radical (unpaired) electrons. The molecule has 0 spiro atoms. The summed E-state index contributed by atoms with van der Waals surface area (Å²) >= 11 is 1.85. The lowest BCUT2D eigenvalue weighted by molar-refractivity contribution is 0.413. The molecule has 0 heterocycles. The van der Waals surface area contributed by atoms with E-state index in [2.05, 4.69) is 54.7 Å². The van der Waals surface area contributed by atoms with Crippen molar-refractivity contribution in [2.45, 2.75) is 17.9 Å². The standard InChI is InChI=1S/C17H21NOS/c1-3-18-17(14-8-5-4-6-9-14)13-20-16-11-7-10-15(12-16)19-2/h4-12,17-18H,3,13H2,1-2H3. The van der Waals surface area contributed by atoms with Gasteiger partial charge in [-0.15, -0.1) is 11.8 Å². The van der Waals surface area contributed by atoms with Gasteiger partial charge in [-0.05, 0) is 30.3 Å². The van der Waals surface area contributed by atoms with Gasteiger partial charge in [0.1, 0.15) is 5.75 Å². The summed E-state index contributed by atoms with van der Waals surface area (Å²) in [4.78, 5) is 1.24. The lowest BCUT2D eigenvalue weighted by Crippen LogP contribution is -2.22. The van der Waals surface area contributed by atoms with E-state index in [0.717, 1.165) is 18.0 Å². The Bertz CT molecular complexity index is 515. The Kier molecular flexibility index (Phi) is 5.96. The summed E-state index contributed by atoms with van der Waals surface area (Å²) in [7, 11) is 1.70. The molecule has 2 rings (SSSR count). The number of hydrogen-bond acceptors (Lipinski definition) is 3. The fourth-order valence-electron chi connectivity index (χ4n) is 2.08. The van der Waals surface area contributed by atoms with Crippen LogP contribution in [0.5, 0.6) is 5.75 Å². The maximum Gasteiger partial charge on any atom is 0.119 e. The zero-order valence-corrected chi connectivity index (χ0v) is 12.8. The molecule has 1 unspecified atom stereocenters. The minimum Gasteiger partial charge on any atom is -0.497 e. The summed E-state index contributed by atoms with van der Waals surface area (Å²) in [5.41, 5.74) is 1.34. The van der Waals surface area contributed by atoms with Crippen LogP contribution in [0.4, 0.5) is 0 Å². The van der Waals surface area contributed by atoms with Crippen molar-refractivity contribution in [1.82, 2.24) is 5.32 Å². The molecular weight excluding hydrogens is 266 g/mol. The molecule has 1 N–H and O–H groups in total. The van der Waals surface area contributed by atoms with Gasteiger partial charge in [-0.3, -0.25) is 0 Å². The van der Waals surface area contributed by atoms with Gasteiger partial charge in [0.15, 0.2) is 0 Å². The normalized spacial score (nSPS) is 12.1. The molecule has 106 valence electrons. The van der Waals surface area contributed by atoms with Crippen LogP contribution in [0.15, 0.2) is 59.5 Å². The minimum absolute atomic E-state index is 0.373. The zero-order chi connectivity index (χ0) is 14.2. The van der Waals surface area contributed by atoms with E-state index in [4.69, 9.17) is 4.74 Å². The Labute approximate surface area is 125 Å². The molecule has 0 saturated carbocycles. The Balaban J connectivity index is 2.02. The van der Waals surface area contributed by atoms with Crippen molar-refractivity contribution >= 4 is 11.8 Å². The highest BCUT2D eigenvalue weighted by atomic mass is 32.2. The molecular formula is C17H21NOS. The molecule has 0 saturated heterocycles. The van der Waals surface area contributed by atoms with Gasteiger partial charge in [0, 0.05) is 16.7 Å². The van der Waals surface area contributed by atoms with Crippen LogP contribution in [-0.2, 0) is 0 Å². The van der Waals surface area contributed by atoms with Gasteiger partial charge in [0.05, 0.1) is 7.11 Å². The third-order valence-electron chi connectivity index (χ3n) is 3.11. The second kappa shape index (κ2) is 7.98. The highest BCUT2D eigenvalue weighted by Crippen LogP contribution is 2.27. The molecule has 0 fully saturated rings. The number of benzene rings is 2. The van der Waals surface area contributed by atoms with E-state index in [-0.39, 0.29) is 0 Å². The molecule has 0 aliphatic carbocycles. The van der Waals surface area contributed by atoms with Gasteiger partial charge in [0.25, 0.3) is 0 Å². The first-order valence-corrected chi connectivity index (χ1v) is 7.87. The molecule has 0 aromatic heterocycles. The minimum atomic E-state index is 0.373. The smallest absolute Gasteiger partial charge is 0.119 e. The Morgan fingerprint density at radius 1 is 1.10 bits per heavy atom. The topological polar surface area (TPSA) is 21.3 Å². The number of rotatable bonds is 7. The molecule has 0 aliphatic heterocycles.